The highest BCUT2D eigenvalue weighted by molar-refractivity contribution is 5.69. The number of nitrogens with one attached hydrogen (secondary N) is 2. The van der Waals surface area contributed by atoms with Crippen LogP contribution in [0.4, 0.5) is 5.69 Å². The zero-order valence-electron chi connectivity index (χ0n) is 18.8. The summed E-state index contributed by atoms with van der Waals surface area (Å²) < 4.78 is 8.14. The largest absolute Gasteiger partial charge is 0.469 e. The molecule has 1 aliphatic heterocycles. The molecule has 8 nitrogen and oxygen atoms in total. The van der Waals surface area contributed by atoms with Gasteiger partial charge < -0.3 is 15.4 Å². The Labute approximate surface area is 198 Å². The van der Waals surface area contributed by atoms with Crippen molar-refractivity contribution >= 4 is 5.69 Å². The van der Waals surface area contributed by atoms with Crippen LogP contribution in [0, 0.1) is 11.3 Å². The smallest absolute Gasteiger partial charge is 0.237 e. The molecule has 5 rings (SSSR count). The number of anilines is 1. The van der Waals surface area contributed by atoms with Crippen molar-refractivity contribution in [1.29, 1.82) is 5.26 Å². The maximum Gasteiger partial charge on any atom is 0.237 e. The van der Waals surface area contributed by atoms with Crippen molar-refractivity contribution in [3.63, 3.8) is 0 Å². The van der Waals surface area contributed by atoms with E-state index < -0.39 is 0 Å². The number of pyridine rings is 2. The highest BCUT2D eigenvalue weighted by Gasteiger charge is 2.29. The number of hydrogen-bond donors (Lipinski definition) is 2. The normalized spacial score (nSPS) is 15.5. The molecule has 4 aromatic rings. The molecular weight excluding hydrogens is 426 g/mol. The first-order chi connectivity index (χ1) is 16.7. The minimum Gasteiger partial charge on any atom is -0.469 e. The standard InChI is InChI=1S/C26H25N7O/c1-33-17-22(15-32-33)21-12-23-26(31-14-21)34-24(16-30-23)25(20-7-9-28-10-8-20)29-11-6-18-2-4-19(13-27)5-3-18/h2-5,7-10,12,14-15,17,24-25,29-30H,6,11,16H2,1H3/t24-,25?/m1/s1. The van der Waals surface area contributed by atoms with Crippen molar-refractivity contribution in [1.82, 2.24) is 25.1 Å². The Kier molecular flexibility index (Phi) is 6.19. The lowest BCUT2D eigenvalue weighted by molar-refractivity contribution is 0.150. The molecule has 170 valence electrons. The van der Waals surface area contributed by atoms with Gasteiger partial charge in [-0.2, -0.15) is 10.4 Å². The summed E-state index contributed by atoms with van der Waals surface area (Å²) in [5.41, 5.74) is 5.85. The van der Waals surface area contributed by atoms with E-state index in [4.69, 9.17) is 10.00 Å². The summed E-state index contributed by atoms with van der Waals surface area (Å²) in [5.74, 6) is 0.594. The van der Waals surface area contributed by atoms with Crippen LogP contribution in [0.25, 0.3) is 11.1 Å². The lowest BCUT2D eigenvalue weighted by Gasteiger charge is -2.33. The Morgan fingerprint density at radius 3 is 2.74 bits per heavy atom. The molecule has 34 heavy (non-hydrogen) atoms. The van der Waals surface area contributed by atoms with Gasteiger partial charge in [0.25, 0.3) is 0 Å². The number of ether oxygens (including phenoxy) is 1. The fraction of sp³-hybridized carbons (Fsp3) is 0.231. The molecule has 0 fully saturated rings. The van der Waals surface area contributed by atoms with Gasteiger partial charge in [0.2, 0.25) is 5.88 Å². The third-order valence-corrected chi connectivity index (χ3v) is 5.94. The second kappa shape index (κ2) is 9.73. The molecule has 0 aliphatic carbocycles. The Hall–Kier alpha value is -4.22. The number of benzene rings is 1. The van der Waals surface area contributed by atoms with Crippen molar-refractivity contribution in [2.45, 2.75) is 18.6 Å². The second-order valence-corrected chi connectivity index (χ2v) is 8.29. The van der Waals surface area contributed by atoms with Crippen LogP contribution in [-0.4, -0.2) is 38.9 Å². The molecule has 4 heterocycles. The van der Waals surface area contributed by atoms with Crippen LogP contribution in [0.3, 0.4) is 0 Å². The number of nitriles is 1. The van der Waals surface area contributed by atoms with E-state index in [0.717, 1.165) is 35.3 Å². The number of rotatable bonds is 7. The predicted octanol–water partition coefficient (Wildman–Crippen LogP) is 3.50. The van der Waals surface area contributed by atoms with Crippen LogP contribution >= 0.6 is 0 Å². The van der Waals surface area contributed by atoms with Gasteiger partial charge in [0, 0.05) is 43.0 Å². The minimum absolute atomic E-state index is 0.0400. The zero-order valence-corrected chi connectivity index (χ0v) is 18.8. The van der Waals surface area contributed by atoms with E-state index in [2.05, 4.69) is 37.8 Å². The fourth-order valence-corrected chi connectivity index (χ4v) is 4.14. The molecular formula is C26H25N7O. The van der Waals surface area contributed by atoms with Crippen molar-refractivity contribution in [2.75, 3.05) is 18.4 Å². The average Bonchev–Trinajstić information content (AvgIpc) is 3.33. The monoisotopic (exact) mass is 451 g/mol. The summed E-state index contributed by atoms with van der Waals surface area (Å²) in [6, 6.07) is 15.9. The maximum atomic E-state index is 9.00. The molecule has 0 bridgehead atoms. The van der Waals surface area contributed by atoms with Crippen molar-refractivity contribution in [3.05, 3.63) is 90.1 Å². The summed E-state index contributed by atoms with van der Waals surface area (Å²) >= 11 is 0. The summed E-state index contributed by atoms with van der Waals surface area (Å²) in [5, 5.41) is 20.4. The summed E-state index contributed by atoms with van der Waals surface area (Å²) in [4.78, 5) is 8.75. The summed E-state index contributed by atoms with van der Waals surface area (Å²) in [6.45, 7) is 1.40. The summed E-state index contributed by atoms with van der Waals surface area (Å²) in [7, 11) is 1.90. The highest BCUT2D eigenvalue weighted by atomic mass is 16.5. The minimum atomic E-state index is -0.146. The number of hydrogen-bond acceptors (Lipinski definition) is 7. The number of aryl methyl sites for hydroxylation is 1. The molecule has 1 aliphatic rings. The van der Waals surface area contributed by atoms with Gasteiger partial charge in [0.05, 0.1) is 36.1 Å². The molecule has 0 saturated carbocycles. The first-order valence-corrected chi connectivity index (χ1v) is 11.2. The van der Waals surface area contributed by atoms with Gasteiger partial charge in [-0.05, 0) is 54.4 Å². The van der Waals surface area contributed by atoms with Crippen LogP contribution in [-0.2, 0) is 13.5 Å². The fourth-order valence-electron chi connectivity index (χ4n) is 4.14. The molecule has 0 amide bonds. The molecule has 1 unspecified atom stereocenters. The van der Waals surface area contributed by atoms with E-state index in [1.54, 1.807) is 17.1 Å². The highest BCUT2D eigenvalue weighted by Crippen LogP contribution is 2.34. The lowest BCUT2D eigenvalue weighted by Crippen LogP contribution is -2.43. The number of fused-ring (bicyclic) bond motifs is 1. The van der Waals surface area contributed by atoms with Crippen LogP contribution in [0.1, 0.15) is 22.7 Å². The molecule has 1 aromatic carbocycles. The zero-order chi connectivity index (χ0) is 23.3. The second-order valence-electron chi connectivity index (χ2n) is 8.29. The topological polar surface area (TPSA) is 101 Å². The van der Waals surface area contributed by atoms with Crippen LogP contribution in [0.15, 0.2) is 73.4 Å². The third-order valence-electron chi connectivity index (χ3n) is 5.94. The van der Waals surface area contributed by atoms with E-state index in [-0.39, 0.29) is 12.1 Å². The first kappa shape index (κ1) is 21.6. The van der Waals surface area contributed by atoms with Crippen molar-refractivity contribution < 1.29 is 4.74 Å². The summed E-state index contributed by atoms with van der Waals surface area (Å²) in [6.07, 6.45) is 9.91. The van der Waals surface area contributed by atoms with E-state index in [9.17, 15) is 0 Å². The van der Waals surface area contributed by atoms with Gasteiger partial charge in [0.15, 0.2) is 0 Å². The van der Waals surface area contributed by atoms with Crippen molar-refractivity contribution in [3.8, 4) is 23.1 Å². The van der Waals surface area contributed by atoms with Gasteiger partial charge in [-0.3, -0.25) is 9.67 Å². The number of nitrogens with zero attached hydrogens (tertiary/aromatic N) is 5. The Bertz CT molecular complexity index is 1290. The van der Waals surface area contributed by atoms with Gasteiger partial charge in [-0.25, -0.2) is 4.98 Å². The molecule has 8 heteroatoms. The van der Waals surface area contributed by atoms with E-state index >= 15 is 0 Å². The SMILES string of the molecule is Cn1cc(-c2cnc3c(c2)NC[C@H](C(NCCc2ccc(C#N)cc2)c2ccncc2)O3)cn1. The lowest BCUT2D eigenvalue weighted by atomic mass is 10.0. The van der Waals surface area contributed by atoms with Crippen LogP contribution in [0.2, 0.25) is 0 Å². The van der Waals surface area contributed by atoms with Gasteiger partial charge in [0.1, 0.15) is 6.10 Å². The van der Waals surface area contributed by atoms with Gasteiger partial charge in [-0.1, -0.05) is 12.1 Å². The van der Waals surface area contributed by atoms with E-state index in [0.29, 0.717) is 18.0 Å². The quantitative estimate of drug-likeness (QED) is 0.444. The van der Waals surface area contributed by atoms with Crippen molar-refractivity contribution in [2.24, 2.45) is 7.05 Å². The molecule has 0 spiro atoms. The predicted molar refractivity (Wildman–Crippen MR) is 129 cm³/mol. The molecule has 0 radical (unpaired) electrons. The Balaban J connectivity index is 1.30. The molecule has 3 aromatic heterocycles. The molecule has 2 atom stereocenters. The molecule has 2 N–H and O–H groups in total. The Morgan fingerprint density at radius 2 is 2.00 bits per heavy atom. The Morgan fingerprint density at radius 1 is 1.18 bits per heavy atom. The number of aromatic nitrogens is 4. The average molecular weight is 452 g/mol. The van der Waals surface area contributed by atoms with Gasteiger partial charge >= 0.3 is 0 Å². The van der Waals surface area contributed by atoms with E-state index in [1.807, 2.05) is 62.0 Å². The van der Waals surface area contributed by atoms with Gasteiger partial charge in [-0.15, -0.1) is 0 Å². The first-order valence-electron chi connectivity index (χ1n) is 11.2. The maximum absolute atomic E-state index is 9.00. The third kappa shape index (κ3) is 4.75. The molecule has 0 saturated heterocycles. The van der Waals surface area contributed by atoms with Crippen LogP contribution in [0.5, 0.6) is 5.88 Å². The van der Waals surface area contributed by atoms with E-state index in [1.165, 1.54) is 5.56 Å². The van der Waals surface area contributed by atoms with Crippen LogP contribution < -0.4 is 15.4 Å².